The molecule has 0 atom stereocenters. The molecule has 2 aromatic heterocycles. The smallest absolute Gasteiger partial charge is 0.160 e. The average molecular weight is 450 g/mol. The number of fused-ring (bicyclic) bond motifs is 12. The first kappa shape index (κ1) is 19.1. The molecule has 0 aliphatic heterocycles. The molecule has 7 aromatic rings. The highest BCUT2D eigenvalue weighted by atomic mass is 16.3. The average Bonchev–Trinajstić information content (AvgIpc) is 3.51. The van der Waals surface area contributed by atoms with Crippen molar-refractivity contribution >= 4 is 43.7 Å². The van der Waals surface area contributed by atoms with E-state index in [9.17, 15) is 0 Å². The van der Waals surface area contributed by atoms with Crippen LogP contribution in [-0.4, -0.2) is 4.57 Å². The Kier molecular flexibility index (Phi) is 3.50. The van der Waals surface area contributed by atoms with Crippen molar-refractivity contribution in [3.8, 4) is 16.8 Å². The third kappa shape index (κ3) is 2.25. The molecule has 0 saturated heterocycles. The Labute approximate surface area is 203 Å². The van der Waals surface area contributed by atoms with E-state index in [1.54, 1.807) is 0 Å². The number of rotatable bonds is 1. The number of para-hydroxylation sites is 3. The topological polar surface area (TPSA) is 18.1 Å². The summed E-state index contributed by atoms with van der Waals surface area (Å²) in [7, 11) is 0. The molecule has 35 heavy (non-hydrogen) atoms. The highest BCUT2D eigenvalue weighted by Crippen LogP contribution is 2.57. The maximum atomic E-state index is 6.75. The molecule has 5 aromatic carbocycles. The molecule has 0 unspecified atom stereocenters. The second-order valence-electron chi connectivity index (χ2n) is 10.1. The molecule has 166 valence electrons. The fourth-order valence-corrected chi connectivity index (χ4v) is 6.54. The fraction of sp³-hybridized carbons (Fsp3) is 0.0909. The molecule has 2 heteroatoms. The van der Waals surface area contributed by atoms with Crippen molar-refractivity contribution in [1.82, 2.24) is 4.57 Å². The van der Waals surface area contributed by atoms with Crippen LogP contribution in [0.2, 0.25) is 0 Å². The summed E-state index contributed by atoms with van der Waals surface area (Å²) < 4.78 is 9.15. The van der Waals surface area contributed by atoms with Crippen molar-refractivity contribution in [3.63, 3.8) is 0 Å². The zero-order chi connectivity index (χ0) is 23.3. The Morgan fingerprint density at radius 1 is 0.657 bits per heavy atom. The number of hydrogen-bond acceptors (Lipinski definition) is 1. The van der Waals surface area contributed by atoms with Crippen molar-refractivity contribution in [2.75, 3.05) is 0 Å². The summed E-state index contributed by atoms with van der Waals surface area (Å²) in [5.74, 6) is 0. The van der Waals surface area contributed by atoms with E-state index in [0.717, 1.165) is 22.4 Å². The van der Waals surface area contributed by atoms with Crippen molar-refractivity contribution < 1.29 is 4.42 Å². The summed E-state index contributed by atoms with van der Waals surface area (Å²) in [5.41, 5.74) is 10.7. The molecule has 1 aliphatic rings. The van der Waals surface area contributed by atoms with E-state index in [1.807, 2.05) is 0 Å². The molecule has 2 heterocycles. The van der Waals surface area contributed by atoms with Crippen LogP contribution < -0.4 is 0 Å². The Balaban J connectivity index is 1.76. The lowest BCUT2D eigenvalue weighted by Gasteiger charge is -2.22. The van der Waals surface area contributed by atoms with Crippen LogP contribution in [0.25, 0.3) is 60.6 Å². The maximum absolute atomic E-state index is 6.75. The maximum Gasteiger partial charge on any atom is 0.160 e. The van der Waals surface area contributed by atoms with E-state index in [1.165, 1.54) is 49.3 Å². The molecule has 1 aliphatic carbocycles. The Bertz CT molecular complexity index is 1970. The summed E-state index contributed by atoms with van der Waals surface area (Å²) in [6, 6.07) is 36.9. The summed E-state index contributed by atoms with van der Waals surface area (Å²) in [4.78, 5) is 0. The molecule has 0 radical (unpaired) electrons. The van der Waals surface area contributed by atoms with Gasteiger partial charge in [-0.25, -0.2) is 0 Å². The van der Waals surface area contributed by atoms with E-state index in [-0.39, 0.29) is 5.41 Å². The Morgan fingerprint density at radius 3 is 2.20 bits per heavy atom. The molecule has 0 fully saturated rings. The number of hydrogen-bond donors (Lipinski definition) is 0. The molecule has 0 N–H and O–H groups in total. The Hall–Kier alpha value is -4.30. The third-order valence-corrected chi connectivity index (χ3v) is 7.94. The summed E-state index contributed by atoms with van der Waals surface area (Å²) in [6.45, 7) is 4.72. The van der Waals surface area contributed by atoms with Gasteiger partial charge in [0.05, 0.1) is 11.0 Å². The minimum atomic E-state index is -0.138. The fourth-order valence-electron chi connectivity index (χ4n) is 6.54. The van der Waals surface area contributed by atoms with E-state index in [4.69, 9.17) is 4.42 Å². The zero-order valence-electron chi connectivity index (χ0n) is 19.7. The first-order valence-electron chi connectivity index (χ1n) is 12.2. The van der Waals surface area contributed by atoms with Gasteiger partial charge in [0.2, 0.25) is 0 Å². The van der Waals surface area contributed by atoms with E-state index in [2.05, 4.69) is 122 Å². The molecule has 8 rings (SSSR count). The SMILES string of the molecule is CC1(C)c2ccccc2-c2c1c1c3ccccc3oc1c1c2c2ccccc2n1-c1ccccc1. The van der Waals surface area contributed by atoms with Gasteiger partial charge in [0.15, 0.2) is 5.58 Å². The Morgan fingerprint density at radius 2 is 1.34 bits per heavy atom. The molecule has 0 saturated carbocycles. The van der Waals surface area contributed by atoms with Gasteiger partial charge in [-0.2, -0.15) is 0 Å². The van der Waals surface area contributed by atoms with Gasteiger partial charge in [-0.1, -0.05) is 92.7 Å². The standard InChI is InChI=1S/C33H23NO/c1-33(2)24-17-9-6-14-21(24)27-28-22-15-7-10-18-25(22)34(20-12-4-3-5-13-20)31(28)32-29(30(27)33)23-16-8-11-19-26(23)35-32/h3-19H,1-2H3. The second-order valence-corrected chi connectivity index (χ2v) is 10.1. The van der Waals surface area contributed by atoms with Crippen LogP contribution in [0.15, 0.2) is 108 Å². The van der Waals surface area contributed by atoms with E-state index >= 15 is 0 Å². The van der Waals surface area contributed by atoms with Crippen LogP contribution in [-0.2, 0) is 5.41 Å². The van der Waals surface area contributed by atoms with Crippen LogP contribution in [0, 0.1) is 0 Å². The molecular formula is C33H23NO. The lowest BCUT2D eigenvalue weighted by molar-refractivity contribution is 0.658. The molecular weight excluding hydrogens is 426 g/mol. The van der Waals surface area contributed by atoms with Crippen LogP contribution in [0.5, 0.6) is 0 Å². The predicted octanol–water partition coefficient (Wildman–Crippen LogP) is 8.99. The van der Waals surface area contributed by atoms with E-state index < -0.39 is 0 Å². The van der Waals surface area contributed by atoms with Crippen molar-refractivity contribution in [3.05, 3.63) is 114 Å². The van der Waals surface area contributed by atoms with Gasteiger partial charge >= 0.3 is 0 Å². The molecule has 0 bridgehead atoms. The van der Waals surface area contributed by atoms with Gasteiger partial charge in [-0.3, -0.25) is 0 Å². The number of furan rings is 1. The quantitative estimate of drug-likeness (QED) is 0.244. The highest BCUT2D eigenvalue weighted by Gasteiger charge is 2.41. The third-order valence-electron chi connectivity index (χ3n) is 7.94. The first-order valence-corrected chi connectivity index (χ1v) is 12.2. The minimum absolute atomic E-state index is 0.138. The highest BCUT2D eigenvalue weighted by molar-refractivity contribution is 6.29. The van der Waals surface area contributed by atoms with Crippen molar-refractivity contribution in [2.24, 2.45) is 0 Å². The summed E-state index contributed by atoms with van der Waals surface area (Å²) in [5, 5.41) is 4.97. The van der Waals surface area contributed by atoms with Crippen LogP contribution in [0.1, 0.15) is 25.0 Å². The zero-order valence-corrected chi connectivity index (χ0v) is 19.7. The van der Waals surface area contributed by atoms with Crippen molar-refractivity contribution in [1.29, 1.82) is 0 Å². The first-order chi connectivity index (χ1) is 17.2. The second kappa shape index (κ2) is 6.43. The van der Waals surface area contributed by atoms with Crippen LogP contribution >= 0.6 is 0 Å². The lowest BCUT2D eigenvalue weighted by Crippen LogP contribution is -2.15. The summed E-state index contributed by atoms with van der Waals surface area (Å²) >= 11 is 0. The number of benzene rings is 5. The van der Waals surface area contributed by atoms with Crippen LogP contribution in [0.3, 0.4) is 0 Å². The number of aromatic nitrogens is 1. The normalized spacial score (nSPS) is 14.2. The molecule has 0 amide bonds. The van der Waals surface area contributed by atoms with Crippen molar-refractivity contribution in [2.45, 2.75) is 19.3 Å². The molecule has 2 nitrogen and oxygen atoms in total. The van der Waals surface area contributed by atoms with Crippen LogP contribution in [0.4, 0.5) is 0 Å². The van der Waals surface area contributed by atoms with Gasteiger partial charge < -0.3 is 8.98 Å². The van der Waals surface area contributed by atoms with Gasteiger partial charge in [0.25, 0.3) is 0 Å². The predicted molar refractivity (Wildman–Crippen MR) is 146 cm³/mol. The van der Waals surface area contributed by atoms with Gasteiger partial charge in [0.1, 0.15) is 5.58 Å². The lowest BCUT2D eigenvalue weighted by atomic mass is 9.80. The van der Waals surface area contributed by atoms with E-state index in [0.29, 0.717) is 0 Å². The van der Waals surface area contributed by atoms with Gasteiger partial charge in [-0.05, 0) is 46.5 Å². The molecule has 0 spiro atoms. The van der Waals surface area contributed by atoms with Gasteiger partial charge in [-0.15, -0.1) is 0 Å². The van der Waals surface area contributed by atoms with Gasteiger partial charge in [0, 0.05) is 32.6 Å². The minimum Gasteiger partial charge on any atom is -0.454 e. The monoisotopic (exact) mass is 449 g/mol. The largest absolute Gasteiger partial charge is 0.454 e. The number of nitrogens with zero attached hydrogens (tertiary/aromatic N) is 1. The summed E-state index contributed by atoms with van der Waals surface area (Å²) in [6.07, 6.45) is 0.